The Morgan fingerprint density at radius 2 is 1.95 bits per heavy atom. The van der Waals surface area contributed by atoms with E-state index in [0.29, 0.717) is 22.6 Å². The Bertz CT molecular complexity index is 652. The van der Waals surface area contributed by atoms with Gasteiger partial charge in [-0.05, 0) is 43.7 Å². The number of rotatable bonds is 5. The van der Waals surface area contributed by atoms with Crippen molar-refractivity contribution in [3.05, 3.63) is 42.2 Å². The van der Waals surface area contributed by atoms with Crippen LogP contribution in [0, 0.1) is 0 Å². The van der Waals surface area contributed by atoms with Gasteiger partial charge in [-0.3, -0.25) is 4.98 Å². The van der Waals surface area contributed by atoms with Gasteiger partial charge in [0.1, 0.15) is 11.5 Å². The first-order valence-electron chi connectivity index (χ1n) is 6.54. The van der Waals surface area contributed by atoms with Gasteiger partial charge in [-0.25, -0.2) is 4.79 Å². The predicted octanol–water partition coefficient (Wildman–Crippen LogP) is 3.24. The standard InChI is InChI=1S/C16H17NO4/c1-10(2)21-13-6-11(8-17-9-13)14-5-4-12(20-3)7-15(14)16(18)19/h4-10H,1-3H3,(H,18,19). The molecule has 2 aromatic rings. The fourth-order valence-corrected chi connectivity index (χ4v) is 1.98. The Labute approximate surface area is 123 Å². The van der Waals surface area contributed by atoms with E-state index in [1.165, 1.54) is 13.2 Å². The summed E-state index contributed by atoms with van der Waals surface area (Å²) in [6.45, 7) is 3.84. The number of aromatic nitrogens is 1. The van der Waals surface area contributed by atoms with Crippen LogP contribution in [0.1, 0.15) is 24.2 Å². The van der Waals surface area contributed by atoms with Crippen molar-refractivity contribution in [3.63, 3.8) is 0 Å². The van der Waals surface area contributed by atoms with Gasteiger partial charge in [0.25, 0.3) is 0 Å². The first-order chi connectivity index (χ1) is 10.0. The molecule has 21 heavy (non-hydrogen) atoms. The van der Waals surface area contributed by atoms with E-state index in [1.807, 2.05) is 13.8 Å². The van der Waals surface area contributed by atoms with Crippen LogP contribution in [0.4, 0.5) is 0 Å². The van der Waals surface area contributed by atoms with Gasteiger partial charge >= 0.3 is 5.97 Å². The average Bonchev–Trinajstić information content (AvgIpc) is 2.46. The molecule has 1 heterocycles. The summed E-state index contributed by atoms with van der Waals surface area (Å²) in [7, 11) is 1.50. The monoisotopic (exact) mass is 287 g/mol. The third-order valence-corrected chi connectivity index (χ3v) is 2.85. The van der Waals surface area contributed by atoms with Gasteiger partial charge in [-0.1, -0.05) is 0 Å². The maximum Gasteiger partial charge on any atom is 0.336 e. The number of carboxylic acid groups (broad SMARTS) is 1. The molecule has 0 unspecified atom stereocenters. The predicted molar refractivity (Wildman–Crippen MR) is 78.9 cm³/mol. The topological polar surface area (TPSA) is 68.7 Å². The molecule has 1 N–H and O–H groups in total. The van der Waals surface area contributed by atoms with Crippen molar-refractivity contribution in [1.29, 1.82) is 0 Å². The summed E-state index contributed by atoms with van der Waals surface area (Å²) in [5.41, 5.74) is 1.43. The maximum atomic E-state index is 11.4. The van der Waals surface area contributed by atoms with Gasteiger partial charge in [-0.15, -0.1) is 0 Å². The minimum absolute atomic E-state index is 0.0249. The molecule has 110 valence electrons. The zero-order valence-corrected chi connectivity index (χ0v) is 12.2. The maximum absolute atomic E-state index is 11.4. The number of hydrogen-bond acceptors (Lipinski definition) is 4. The number of carbonyl (C=O) groups is 1. The smallest absolute Gasteiger partial charge is 0.336 e. The minimum Gasteiger partial charge on any atom is -0.497 e. The highest BCUT2D eigenvalue weighted by molar-refractivity contribution is 5.96. The molecule has 2 rings (SSSR count). The van der Waals surface area contributed by atoms with Crippen LogP contribution in [0.3, 0.4) is 0 Å². The Kier molecular flexibility index (Phi) is 4.42. The SMILES string of the molecule is COc1ccc(-c2cncc(OC(C)C)c2)c(C(=O)O)c1. The molecule has 0 saturated heterocycles. The molecule has 0 aliphatic carbocycles. The van der Waals surface area contributed by atoms with E-state index >= 15 is 0 Å². The fourth-order valence-electron chi connectivity index (χ4n) is 1.98. The summed E-state index contributed by atoms with van der Waals surface area (Å²) in [5.74, 6) is 0.0902. The quantitative estimate of drug-likeness (QED) is 0.914. The van der Waals surface area contributed by atoms with Crippen LogP contribution >= 0.6 is 0 Å². The van der Waals surface area contributed by atoms with Crippen LogP contribution in [0.15, 0.2) is 36.7 Å². The van der Waals surface area contributed by atoms with Crippen LogP contribution in [-0.2, 0) is 0 Å². The van der Waals surface area contributed by atoms with Gasteiger partial charge in [-0.2, -0.15) is 0 Å². The first-order valence-corrected chi connectivity index (χ1v) is 6.54. The van der Waals surface area contributed by atoms with Crippen molar-refractivity contribution in [1.82, 2.24) is 4.98 Å². The highest BCUT2D eigenvalue weighted by Crippen LogP contribution is 2.29. The van der Waals surface area contributed by atoms with Crippen LogP contribution in [0.5, 0.6) is 11.5 Å². The van der Waals surface area contributed by atoms with Crippen LogP contribution in [-0.4, -0.2) is 29.3 Å². The summed E-state index contributed by atoms with van der Waals surface area (Å²) in [6.07, 6.45) is 3.24. The molecular weight excluding hydrogens is 270 g/mol. The number of aromatic carboxylic acids is 1. The second kappa shape index (κ2) is 6.26. The van der Waals surface area contributed by atoms with E-state index in [0.717, 1.165) is 0 Å². The zero-order valence-electron chi connectivity index (χ0n) is 12.2. The summed E-state index contributed by atoms with van der Waals surface area (Å²) < 4.78 is 10.7. The molecule has 0 bridgehead atoms. The molecule has 0 aliphatic rings. The van der Waals surface area contributed by atoms with Crippen molar-refractivity contribution in [2.24, 2.45) is 0 Å². The normalized spacial score (nSPS) is 10.5. The second-order valence-corrected chi connectivity index (χ2v) is 4.79. The molecule has 0 fully saturated rings. The third-order valence-electron chi connectivity index (χ3n) is 2.85. The Morgan fingerprint density at radius 3 is 2.57 bits per heavy atom. The molecule has 0 amide bonds. The Balaban J connectivity index is 2.48. The summed E-state index contributed by atoms with van der Waals surface area (Å²) in [6, 6.07) is 6.70. The molecule has 1 aromatic carbocycles. The molecule has 5 heteroatoms. The van der Waals surface area contributed by atoms with E-state index in [1.54, 1.807) is 30.6 Å². The second-order valence-electron chi connectivity index (χ2n) is 4.79. The average molecular weight is 287 g/mol. The molecule has 1 aromatic heterocycles. The van der Waals surface area contributed by atoms with Crippen molar-refractivity contribution >= 4 is 5.97 Å². The van der Waals surface area contributed by atoms with E-state index in [2.05, 4.69) is 4.98 Å². The molecule has 0 spiro atoms. The number of benzene rings is 1. The molecule has 5 nitrogen and oxygen atoms in total. The summed E-state index contributed by atoms with van der Waals surface area (Å²) in [4.78, 5) is 15.5. The van der Waals surface area contributed by atoms with E-state index in [4.69, 9.17) is 9.47 Å². The van der Waals surface area contributed by atoms with Crippen LogP contribution < -0.4 is 9.47 Å². The molecule has 0 aliphatic heterocycles. The first kappa shape index (κ1) is 14.8. The van der Waals surface area contributed by atoms with Gasteiger partial charge < -0.3 is 14.6 Å². The van der Waals surface area contributed by atoms with E-state index in [-0.39, 0.29) is 11.7 Å². The molecule has 0 atom stereocenters. The summed E-state index contributed by atoms with van der Waals surface area (Å²) in [5, 5.41) is 9.35. The van der Waals surface area contributed by atoms with Gasteiger partial charge in [0.05, 0.1) is 25.0 Å². The lowest BCUT2D eigenvalue weighted by Crippen LogP contribution is -2.06. The number of nitrogens with zero attached hydrogens (tertiary/aromatic N) is 1. The Hall–Kier alpha value is -2.56. The Morgan fingerprint density at radius 1 is 1.19 bits per heavy atom. The highest BCUT2D eigenvalue weighted by Gasteiger charge is 2.14. The van der Waals surface area contributed by atoms with Gasteiger partial charge in [0.15, 0.2) is 0 Å². The van der Waals surface area contributed by atoms with Crippen molar-refractivity contribution in [2.45, 2.75) is 20.0 Å². The fraction of sp³-hybridized carbons (Fsp3) is 0.250. The number of ether oxygens (including phenoxy) is 2. The van der Waals surface area contributed by atoms with E-state index in [9.17, 15) is 9.90 Å². The summed E-state index contributed by atoms with van der Waals surface area (Å²) >= 11 is 0. The number of hydrogen-bond donors (Lipinski definition) is 1. The molecular formula is C16H17NO4. The van der Waals surface area contributed by atoms with Crippen molar-refractivity contribution in [3.8, 4) is 22.6 Å². The molecule has 0 radical (unpaired) electrons. The van der Waals surface area contributed by atoms with Crippen LogP contribution in [0.25, 0.3) is 11.1 Å². The van der Waals surface area contributed by atoms with Gasteiger partial charge in [0.2, 0.25) is 0 Å². The van der Waals surface area contributed by atoms with Gasteiger partial charge in [0, 0.05) is 11.8 Å². The largest absolute Gasteiger partial charge is 0.497 e. The van der Waals surface area contributed by atoms with E-state index < -0.39 is 5.97 Å². The highest BCUT2D eigenvalue weighted by atomic mass is 16.5. The number of pyridine rings is 1. The van der Waals surface area contributed by atoms with Crippen molar-refractivity contribution < 1.29 is 19.4 Å². The lowest BCUT2D eigenvalue weighted by atomic mass is 10.0. The van der Waals surface area contributed by atoms with Crippen molar-refractivity contribution in [2.75, 3.05) is 7.11 Å². The van der Waals surface area contributed by atoms with Crippen LogP contribution in [0.2, 0.25) is 0 Å². The third kappa shape index (κ3) is 3.51. The molecule has 0 saturated carbocycles. The lowest BCUT2D eigenvalue weighted by Gasteiger charge is -2.12. The number of methoxy groups -OCH3 is 1. The minimum atomic E-state index is -1.01. The lowest BCUT2D eigenvalue weighted by molar-refractivity contribution is 0.0697. The zero-order chi connectivity index (χ0) is 15.4. The number of carboxylic acids is 1.